The molecule has 128 valence electrons. The van der Waals surface area contributed by atoms with Gasteiger partial charge in [-0.25, -0.2) is 8.42 Å². The second-order valence-electron chi connectivity index (χ2n) is 6.31. The molecule has 0 radical (unpaired) electrons. The molecule has 0 amide bonds. The average molecular weight is 340 g/mol. The molecule has 2 saturated heterocycles. The zero-order chi connectivity index (χ0) is 16.3. The summed E-state index contributed by atoms with van der Waals surface area (Å²) >= 11 is 0. The molecule has 23 heavy (non-hydrogen) atoms. The number of hydrogen-bond donors (Lipinski definition) is 0. The van der Waals surface area contributed by atoms with Gasteiger partial charge in [0.25, 0.3) is 0 Å². The number of hydrogen-bond acceptors (Lipinski definition) is 5. The Kier molecular flexibility index (Phi) is 5.18. The van der Waals surface area contributed by atoms with Gasteiger partial charge in [0.15, 0.2) is 0 Å². The molecule has 1 atom stereocenters. The van der Waals surface area contributed by atoms with E-state index < -0.39 is 10.0 Å². The lowest BCUT2D eigenvalue weighted by Crippen LogP contribution is -2.36. The van der Waals surface area contributed by atoms with Gasteiger partial charge < -0.3 is 9.47 Å². The summed E-state index contributed by atoms with van der Waals surface area (Å²) in [6.45, 7) is 4.21. The first-order valence-corrected chi connectivity index (χ1v) is 9.79. The Morgan fingerprint density at radius 3 is 2.87 bits per heavy atom. The van der Waals surface area contributed by atoms with Crippen molar-refractivity contribution >= 4 is 10.0 Å². The highest BCUT2D eigenvalue weighted by molar-refractivity contribution is 7.89. The zero-order valence-electron chi connectivity index (χ0n) is 13.5. The van der Waals surface area contributed by atoms with Crippen LogP contribution in [0.2, 0.25) is 0 Å². The predicted molar refractivity (Wildman–Crippen MR) is 86.9 cm³/mol. The standard InChI is InChI=1S/C16H24N2O4S/c1-13-16(3-2-7-17-13)22-15-4-8-18(11-15)23(19,20)12-14-5-9-21-10-6-14/h2-3,7,14-15H,4-6,8-12H2,1H3/t15-/m1/s1. The van der Waals surface area contributed by atoms with E-state index >= 15 is 0 Å². The summed E-state index contributed by atoms with van der Waals surface area (Å²) in [5, 5.41) is 0. The molecule has 2 aliphatic rings. The first kappa shape index (κ1) is 16.7. The number of sulfonamides is 1. The summed E-state index contributed by atoms with van der Waals surface area (Å²) in [6, 6.07) is 3.71. The lowest BCUT2D eigenvalue weighted by molar-refractivity contribution is 0.0720. The van der Waals surface area contributed by atoms with Gasteiger partial charge in [0.05, 0.1) is 18.0 Å². The van der Waals surface area contributed by atoms with Crippen molar-refractivity contribution < 1.29 is 17.9 Å². The summed E-state index contributed by atoms with van der Waals surface area (Å²) in [5.41, 5.74) is 0.830. The van der Waals surface area contributed by atoms with Gasteiger partial charge in [0.1, 0.15) is 11.9 Å². The molecule has 0 aliphatic carbocycles. The molecule has 0 spiro atoms. The van der Waals surface area contributed by atoms with Crippen LogP contribution in [0.25, 0.3) is 0 Å². The average Bonchev–Trinajstić information content (AvgIpc) is 3.00. The number of aryl methyl sites for hydroxylation is 1. The highest BCUT2D eigenvalue weighted by Gasteiger charge is 2.34. The smallest absolute Gasteiger partial charge is 0.214 e. The van der Waals surface area contributed by atoms with Crippen LogP contribution >= 0.6 is 0 Å². The van der Waals surface area contributed by atoms with Gasteiger partial charge in [-0.1, -0.05) is 0 Å². The summed E-state index contributed by atoms with van der Waals surface area (Å²) in [5.74, 6) is 1.19. The molecule has 1 aromatic heterocycles. The second-order valence-corrected chi connectivity index (χ2v) is 8.32. The van der Waals surface area contributed by atoms with Gasteiger partial charge in [-0.05, 0) is 44.2 Å². The van der Waals surface area contributed by atoms with Crippen LogP contribution in [0.15, 0.2) is 18.3 Å². The Balaban J connectivity index is 1.57. The zero-order valence-corrected chi connectivity index (χ0v) is 14.3. The molecule has 0 unspecified atom stereocenters. The number of ether oxygens (including phenoxy) is 2. The molecular formula is C16H24N2O4S. The first-order chi connectivity index (χ1) is 11.0. The van der Waals surface area contributed by atoms with Crippen molar-refractivity contribution in [3.63, 3.8) is 0 Å². The Morgan fingerprint density at radius 2 is 2.13 bits per heavy atom. The quantitative estimate of drug-likeness (QED) is 0.814. The maximum Gasteiger partial charge on any atom is 0.214 e. The van der Waals surface area contributed by atoms with Crippen LogP contribution in [0.1, 0.15) is 25.0 Å². The van der Waals surface area contributed by atoms with Crippen LogP contribution in [-0.4, -0.2) is 55.9 Å². The van der Waals surface area contributed by atoms with E-state index in [1.54, 1.807) is 10.5 Å². The first-order valence-electron chi connectivity index (χ1n) is 8.18. The molecule has 0 bridgehead atoms. The van der Waals surface area contributed by atoms with Crippen molar-refractivity contribution in [3.05, 3.63) is 24.0 Å². The topological polar surface area (TPSA) is 68.7 Å². The van der Waals surface area contributed by atoms with Crippen LogP contribution in [0.5, 0.6) is 5.75 Å². The van der Waals surface area contributed by atoms with Crippen molar-refractivity contribution in [2.75, 3.05) is 32.1 Å². The van der Waals surface area contributed by atoms with E-state index in [-0.39, 0.29) is 17.8 Å². The van der Waals surface area contributed by atoms with E-state index in [4.69, 9.17) is 9.47 Å². The number of aromatic nitrogens is 1. The summed E-state index contributed by atoms with van der Waals surface area (Å²) < 4.78 is 38.0. The molecule has 3 rings (SSSR count). The van der Waals surface area contributed by atoms with Crippen LogP contribution in [-0.2, 0) is 14.8 Å². The van der Waals surface area contributed by atoms with E-state index in [1.807, 2.05) is 19.1 Å². The highest BCUT2D eigenvalue weighted by atomic mass is 32.2. The molecule has 2 aliphatic heterocycles. The summed E-state index contributed by atoms with van der Waals surface area (Å²) in [6.07, 6.45) is 4.02. The summed E-state index contributed by atoms with van der Waals surface area (Å²) in [4.78, 5) is 4.20. The molecule has 0 aromatic carbocycles. The van der Waals surface area contributed by atoms with Gasteiger partial charge >= 0.3 is 0 Å². The largest absolute Gasteiger partial charge is 0.487 e. The fourth-order valence-corrected chi connectivity index (χ4v) is 5.05. The van der Waals surface area contributed by atoms with Crippen molar-refractivity contribution in [2.45, 2.75) is 32.3 Å². The van der Waals surface area contributed by atoms with E-state index in [0.29, 0.717) is 26.3 Å². The molecule has 0 saturated carbocycles. The maximum atomic E-state index is 12.6. The third-order valence-corrected chi connectivity index (χ3v) is 6.55. The van der Waals surface area contributed by atoms with Gasteiger partial charge in [0, 0.05) is 26.0 Å². The SMILES string of the molecule is Cc1ncccc1O[C@@H]1CCN(S(=O)(=O)CC2CCOCC2)C1. The monoisotopic (exact) mass is 340 g/mol. The molecule has 1 aromatic rings. The van der Waals surface area contributed by atoms with Gasteiger partial charge in [-0.2, -0.15) is 4.31 Å². The van der Waals surface area contributed by atoms with E-state index in [9.17, 15) is 8.42 Å². The van der Waals surface area contributed by atoms with Crippen LogP contribution < -0.4 is 4.74 Å². The predicted octanol–water partition coefficient (Wildman–Crippen LogP) is 1.60. The Hall–Kier alpha value is -1.18. The third kappa shape index (κ3) is 4.22. The number of rotatable bonds is 5. The van der Waals surface area contributed by atoms with E-state index in [0.717, 1.165) is 30.7 Å². The molecule has 3 heterocycles. The molecule has 2 fully saturated rings. The van der Waals surface area contributed by atoms with Crippen LogP contribution in [0.3, 0.4) is 0 Å². The molecule has 0 N–H and O–H groups in total. The third-order valence-electron chi connectivity index (χ3n) is 4.54. The van der Waals surface area contributed by atoms with Gasteiger partial charge in [-0.3, -0.25) is 4.98 Å². The van der Waals surface area contributed by atoms with Crippen molar-refractivity contribution in [1.82, 2.24) is 9.29 Å². The summed E-state index contributed by atoms with van der Waals surface area (Å²) in [7, 11) is -3.21. The normalized spacial score (nSPS) is 24.0. The number of nitrogens with zero attached hydrogens (tertiary/aromatic N) is 2. The van der Waals surface area contributed by atoms with Crippen molar-refractivity contribution in [3.8, 4) is 5.75 Å². The minimum Gasteiger partial charge on any atom is -0.487 e. The van der Waals surface area contributed by atoms with Gasteiger partial charge in [-0.15, -0.1) is 0 Å². The van der Waals surface area contributed by atoms with Crippen LogP contribution in [0.4, 0.5) is 0 Å². The molecule has 7 heteroatoms. The fourth-order valence-electron chi connectivity index (χ4n) is 3.14. The van der Waals surface area contributed by atoms with Crippen molar-refractivity contribution in [2.24, 2.45) is 5.92 Å². The lowest BCUT2D eigenvalue weighted by atomic mass is 10.0. The Labute approximate surface area is 137 Å². The Morgan fingerprint density at radius 1 is 1.35 bits per heavy atom. The van der Waals surface area contributed by atoms with Gasteiger partial charge in [0.2, 0.25) is 10.0 Å². The van der Waals surface area contributed by atoms with E-state index in [2.05, 4.69) is 4.98 Å². The van der Waals surface area contributed by atoms with E-state index in [1.165, 1.54) is 0 Å². The van der Waals surface area contributed by atoms with Crippen molar-refractivity contribution in [1.29, 1.82) is 0 Å². The Bertz CT molecular complexity index is 629. The molecular weight excluding hydrogens is 316 g/mol. The maximum absolute atomic E-state index is 12.6. The second kappa shape index (κ2) is 7.15. The lowest BCUT2D eigenvalue weighted by Gasteiger charge is -2.24. The molecule has 6 nitrogen and oxygen atoms in total. The fraction of sp³-hybridized carbons (Fsp3) is 0.688. The minimum atomic E-state index is -3.21. The highest BCUT2D eigenvalue weighted by Crippen LogP contribution is 2.24. The number of pyridine rings is 1. The minimum absolute atomic E-state index is 0.0950. The van der Waals surface area contributed by atoms with Crippen LogP contribution in [0, 0.1) is 12.8 Å².